The van der Waals surface area contributed by atoms with Crippen molar-refractivity contribution in [2.75, 3.05) is 10.6 Å². The van der Waals surface area contributed by atoms with Gasteiger partial charge in [0.2, 0.25) is 5.91 Å². The molecule has 1 heterocycles. The summed E-state index contributed by atoms with van der Waals surface area (Å²) in [4.78, 5) is 24.7. The molecule has 28 heavy (non-hydrogen) atoms. The molecule has 2 atom stereocenters. The number of aromatic nitrogens is 1. The highest BCUT2D eigenvalue weighted by molar-refractivity contribution is 6.05. The number of carbonyl (C=O) groups excluding carboxylic acids is 2. The molecule has 4 rings (SSSR count). The third-order valence-electron chi connectivity index (χ3n) is 4.94. The Balaban J connectivity index is 1.50. The normalized spacial score (nSPS) is 17.8. The Morgan fingerprint density at radius 3 is 2.50 bits per heavy atom. The minimum atomic E-state index is -0.517. The van der Waals surface area contributed by atoms with E-state index in [1.165, 1.54) is 6.07 Å². The van der Waals surface area contributed by atoms with Crippen molar-refractivity contribution < 1.29 is 14.0 Å². The minimum Gasteiger partial charge on any atom is -0.326 e. The second-order valence-electron chi connectivity index (χ2n) is 7.10. The van der Waals surface area contributed by atoms with E-state index in [1.54, 1.807) is 36.4 Å². The number of halogens is 1. The molecular formula is C22H20FN3O2. The summed E-state index contributed by atoms with van der Waals surface area (Å²) < 4.78 is 16.0. The molecule has 0 spiro atoms. The molecule has 5 nitrogen and oxygen atoms in total. The van der Waals surface area contributed by atoms with Gasteiger partial charge >= 0.3 is 0 Å². The first-order chi connectivity index (χ1) is 13.5. The van der Waals surface area contributed by atoms with Gasteiger partial charge in [-0.1, -0.05) is 13.0 Å². The van der Waals surface area contributed by atoms with Crippen LogP contribution in [0, 0.1) is 17.7 Å². The highest BCUT2D eigenvalue weighted by atomic mass is 19.1. The van der Waals surface area contributed by atoms with Gasteiger partial charge in [0.25, 0.3) is 5.91 Å². The molecule has 6 heteroatoms. The third-order valence-corrected chi connectivity index (χ3v) is 4.94. The molecule has 2 aromatic carbocycles. The fraction of sp³-hybridized carbons (Fsp3) is 0.182. The standard InChI is InChI=1S/C22H20FN3O2/c1-14-11-18(14)22(28)24-16-6-4-5-15(12-16)21(27)25-20-13-17(7-8-19(20)23)26-9-2-3-10-26/h2-10,12-14,18H,11H2,1H3,(H,24,28)(H,25,27). The summed E-state index contributed by atoms with van der Waals surface area (Å²) in [6.07, 6.45) is 4.57. The van der Waals surface area contributed by atoms with Crippen molar-refractivity contribution in [1.82, 2.24) is 4.57 Å². The van der Waals surface area contributed by atoms with Crippen LogP contribution in [0.2, 0.25) is 0 Å². The Hall–Kier alpha value is -3.41. The highest BCUT2D eigenvalue weighted by Crippen LogP contribution is 2.38. The molecule has 1 saturated carbocycles. The van der Waals surface area contributed by atoms with Crippen molar-refractivity contribution >= 4 is 23.2 Å². The van der Waals surface area contributed by atoms with E-state index in [-0.39, 0.29) is 17.5 Å². The van der Waals surface area contributed by atoms with Crippen LogP contribution in [0.4, 0.5) is 15.8 Å². The number of benzene rings is 2. The van der Waals surface area contributed by atoms with Crippen molar-refractivity contribution in [2.24, 2.45) is 11.8 Å². The highest BCUT2D eigenvalue weighted by Gasteiger charge is 2.39. The number of anilines is 2. The molecule has 1 aliphatic rings. The number of amides is 2. The van der Waals surface area contributed by atoms with E-state index in [1.807, 2.05) is 36.0 Å². The topological polar surface area (TPSA) is 63.1 Å². The van der Waals surface area contributed by atoms with Gasteiger partial charge in [-0.05, 0) is 60.9 Å². The van der Waals surface area contributed by atoms with E-state index in [2.05, 4.69) is 10.6 Å². The monoisotopic (exact) mass is 377 g/mol. The Bertz CT molecular complexity index is 1030. The van der Waals surface area contributed by atoms with Gasteiger partial charge in [0.1, 0.15) is 5.82 Å². The van der Waals surface area contributed by atoms with E-state index in [0.29, 0.717) is 17.2 Å². The van der Waals surface area contributed by atoms with E-state index in [4.69, 9.17) is 0 Å². The van der Waals surface area contributed by atoms with Gasteiger partial charge in [0, 0.05) is 35.2 Å². The van der Waals surface area contributed by atoms with Crippen LogP contribution in [0.15, 0.2) is 67.0 Å². The summed E-state index contributed by atoms with van der Waals surface area (Å²) >= 11 is 0. The molecule has 1 fully saturated rings. The van der Waals surface area contributed by atoms with Crippen LogP contribution in [0.5, 0.6) is 0 Å². The number of hydrogen-bond donors (Lipinski definition) is 2. The Morgan fingerprint density at radius 2 is 1.79 bits per heavy atom. The summed E-state index contributed by atoms with van der Waals surface area (Å²) in [6, 6.07) is 14.9. The van der Waals surface area contributed by atoms with Crippen LogP contribution in [0.3, 0.4) is 0 Å². The lowest BCUT2D eigenvalue weighted by Crippen LogP contribution is -2.16. The average Bonchev–Trinajstić information content (AvgIpc) is 3.17. The maximum atomic E-state index is 14.2. The fourth-order valence-electron chi connectivity index (χ4n) is 3.13. The number of hydrogen-bond acceptors (Lipinski definition) is 2. The molecule has 0 aliphatic heterocycles. The number of nitrogens with one attached hydrogen (secondary N) is 2. The van der Waals surface area contributed by atoms with Crippen LogP contribution >= 0.6 is 0 Å². The predicted octanol–water partition coefficient (Wildman–Crippen LogP) is 4.46. The lowest BCUT2D eigenvalue weighted by Gasteiger charge is -2.11. The Morgan fingerprint density at radius 1 is 1.04 bits per heavy atom. The van der Waals surface area contributed by atoms with Gasteiger partial charge in [-0.15, -0.1) is 0 Å². The van der Waals surface area contributed by atoms with Gasteiger partial charge in [0.15, 0.2) is 0 Å². The summed E-state index contributed by atoms with van der Waals surface area (Å²) in [5.41, 5.74) is 1.73. The smallest absolute Gasteiger partial charge is 0.255 e. The first kappa shape index (κ1) is 18.0. The zero-order valence-electron chi connectivity index (χ0n) is 15.4. The third kappa shape index (κ3) is 3.81. The number of rotatable bonds is 5. The fourth-order valence-corrected chi connectivity index (χ4v) is 3.13. The predicted molar refractivity (Wildman–Crippen MR) is 106 cm³/mol. The minimum absolute atomic E-state index is 0.0319. The Labute approximate surface area is 162 Å². The Kier molecular flexibility index (Phi) is 4.69. The molecule has 1 aliphatic carbocycles. The van der Waals surface area contributed by atoms with Crippen molar-refractivity contribution in [3.63, 3.8) is 0 Å². The first-order valence-corrected chi connectivity index (χ1v) is 9.16. The summed E-state index contributed by atoms with van der Waals surface area (Å²) in [5, 5.41) is 5.45. The van der Waals surface area contributed by atoms with Crippen LogP contribution in [0.25, 0.3) is 5.69 Å². The quantitative estimate of drug-likeness (QED) is 0.689. The lowest BCUT2D eigenvalue weighted by atomic mass is 10.1. The maximum absolute atomic E-state index is 14.2. The van der Waals surface area contributed by atoms with Gasteiger partial charge in [0.05, 0.1) is 5.69 Å². The molecular weight excluding hydrogens is 357 g/mol. The lowest BCUT2D eigenvalue weighted by molar-refractivity contribution is -0.117. The summed E-state index contributed by atoms with van der Waals surface area (Å²) in [6.45, 7) is 2.03. The number of carbonyl (C=O) groups is 2. The van der Waals surface area contributed by atoms with Gasteiger partial charge < -0.3 is 15.2 Å². The molecule has 0 radical (unpaired) electrons. The molecule has 0 bridgehead atoms. The molecule has 1 aromatic heterocycles. The van der Waals surface area contributed by atoms with E-state index in [9.17, 15) is 14.0 Å². The molecule has 2 unspecified atom stereocenters. The molecule has 142 valence electrons. The first-order valence-electron chi connectivity index (χ1n) is 9.16. The van der Waals surface area contributed by atoms with E-state index in [0.717, 1.165) is 12.1 Å². The second-order valence-corrected chi connectivity index (χ2v) is 7.10. The largest absolute Gasteiger partial charge is 0.326 e. The van der Waals surface area contributed by atoms with Gasteiger partial charge in [-0.3, -0.25) is 9.59 Å². The average molecular weight is 377 g/mol. The number of nitrogens with zero attached hydrogens (tertiary/aromatic N) is 1. The molecule has 2 N–H and O–H groups in total. The maximum Gasteiger partial charge on any atom is 0.255 e. The zero-order valence-corrected chi connectivity index (χ0v) is 15.4. The molecule has 0 saturated heterocycles. The SMILES string of the molecule is CC1CC1C(=O)Nc1cccc(C(=O)Nc2cc(-n3cccc3)ccc2F)c1. The van der Waals surface area contributed by atoms with Crippen molar-refractivity contribution in [1.29, 1.82) is 0 Å². The van der Waals surface area contributed by atoms with Crippen LogP contribution in [0.1, 0.15) is 23.7 Å². The van der Waals surface area contributed by atoms with Crippen molar-refractivity contribution in [3.8, 4) is 5.69 Å². The second kappa shape index (κ2) is 7.31. The van der Waals surface area contributed by atoms with E-state index >= 15 is 0 Å². The van der Waals surface area contributed by atoms with Crippen LogP contribution in [-0.2, 0) is 4.79 Å². The van der Waals surface area contributed by atoms with Gasteiger partial charge in [-0.2, -0.15) is 0 Å². The van der Waals surface area contributed by atoms with Crippen LogP contribution in [-0.4, -0.2) is 16.4 Å². The van der Waals surface area contributed by atoms with Crippen LogP contribution < -0.4 is 10.6 Å². The van der Waals surface area contributed by atoms with E-state index < -0.39 is 11.7 Å². The molecule has 2 amide bonds. The van der Waals surface area contributed by atoms with Gasteiger partial charge in [-0.25, -0.2) is 4.39 Å². The summed E-state index contributed by atoms with van der Waals surface area (Å²) in [7, 11) is 0. The summed E-state index contributed by atoms with van der Waals surface area (Å²) in [5.74, 6) is -0.545. The molecule has 3 aromatic rings. The van der Waals surface area contributed by atoms with Crippen molar-refractivity contribution in [3.05, 3.63) is 78.4 Å². The zero-order chi connectivity index (χ0) is 19.7. The van der Waals surface area contributed by atoms with Crippen molar-refractivity contribution in [2.45, 2.75) is 13.3 Å².